The molecule has 0 aliphatic carbocycles. The van der Waals surface area contributed by atoms with Crippen molar-refractivity contribution in [3.05, 3.63) is 6.92 Å². The summed E-state index contributed by atoms with van der Waals surface area (Å²) in [5.74, 6) is 0. The van der Waals surface area contributed by atoms with Crippen molar-refractivity contribution in [1.82, 2.24) is 0 Å². The van der Waals surface area contributed by atoms with Crippen molar-refractivity contribution in [3.63, 3.8) is 0 Å². The van der Waals surface area contributed by atoms with Crippen LogP contribution in [0.2, 0.25) is 0 Å². The Hall–Kier alpha value is 0.464. The Morgan fingerprint density at radius 2 is 0.892 bits per heavy atom. The Kier molecular flexibility index (Phi) is 15.4. The fourth-order valence-electron chi connectivity index (χ4n) is 4.04. The minimum Gasteiger partial charge on any atom is -0.394 e. The molecule has 0 amide bonds. The number of aliphatic hydroxyl groups excluding tert-OH is 11. The van der Waals surface area contributed by atoms with E-state index < -0.39 is 112 Å². The molecule has 11 N–H and O–H groups in total. The summed E-state index contributed by atoms with van der Waals surface area (Å²) in [6.45, 7) is 2.67. The Bertz CT molecular complexity index is 647. The van der Waals surface area contributed by atoms with Gasteiger partial charge in [0.25, 0.3) is 0 Å². The first-order valence-corrected chi connectivity index (χ1v) is 11.3. The summed E-state index contributed by atoms with van der Waals surface area (Å²) in [5, 5.41) is 110. The molecular weight excluding hydrogens is 585 g/mol. The Labute approximate surface area is 237 Å². The molecule has 1 radical (unpaired) electrons. The van der Waals surface area contributed by atoms with E-state index in [0.29, 0.717) is 0 Å². The molecule has 6 unspecified atom stereocenters. The third-order valence-electron chi connectivity index (χ3n) is 6.09. The van der Waals surface area contributed by atoms with Crippen molar-refractivity contribution in [1.29, 1.82) is 0 Å². The van der Waals surface area contributed by atoms with Crippen LogP contribution in [0.25, 0.3) is 0 Å². The standard InChI is InChI=1S/C18H32O16.C2H5.Y/c19-1-4-7(22)10(25)11(26)17(31-4)34-15-9(24)6(3-21)32-18(13(15)28)33-14-8(23)5(2-20)30-16(29)12(14)27;1-2;/h4-29H,1-3H2;1H2,2H3;/q;-1;/t4?,5?,6?,7-,8-,9-,10+,11?,12?,13?,14+,15+,16-,17+,18+;;/m1../s1. The summed E-state index contributed by atoms with van der Waals surface area (Å²) in [7, 11) is 0. The molecule has 3 saturated heterocycles. The van der Waals surface area contributed by atoms with Crippen LogP contribution in [0.5, 0.6) is 0 Å². The van der Waals surface area contributed by atoms with Gasteiger partial charge >= 0.3 is 0 Å². The van der Waals surface area contributed by atoms with Crippen LogP contribution in [0.3, 0.4) is 0 Å². The van der Waals surface area contributed by atoms with Gasteiger partial charge in [0.2, 0.25) is 0 Å². The topological polar surface area (TPSA) is 269 Å². The van der Waals surface area contributed by atoms with Gasteiger partial charge in [-0.25, -0.2) is 0 Å². The first-order chi connectivity index (χ1) is 17.0. The molecule has 3 aliphatic rings. The van der Waals surface area contributed by atoms with Crippen LogP contribution in [-0.2, 0) is 56.4 Å². The fraction of sp³-hybridized carbons (Fsp3) is 0.950. The molecule has 0 bridgehead atoms. The predicted molar refractivity (Wildman–Crippen MR) is 112 cm³/mol. The van der Waals surface area contributed by atoms with E-state index in [9.17, 15) is 56.2 Å². The number of hydrogen-bond acceptors (Lipinski definition) is 16. The SMILES string of the molecule is OCC1O[C@@H](O[C@@H]2C(O)[C@H](O[C@@H]3C(O)[C@H](O)OC(CO)[C@H]3O)OC(CO)[C@H]2O)C(O)[C@@H](O)[C@@H]1O.[CH2-]C.[Y]. The van der Waals surface area contributed by atoms with E-state index in [4.69, 9.17) is 23.7 Å². The second kappa shape index (κ2) is 16.0. The van der Waals surface area contributed by atoms with Crippen molar-refractivity contribution in [2.45, 2.75) is 99.0 Å². The molecule has 0 saturated carbocycles. The number of aliphatic hydroxyl groups is 11. The summed E-state index contributed by atoms with van der Waals surface area (Å²) in [4.78, 5) is 0. The Morgan fingerprint density at radius 1 is 0.514 bits per heavy atom. The van der Waals surface area contributed by atoms with E-state index in [-0.39, 0.29) is 32.7 Å². The summed E-state index contributed by atoms with van der Waals surface area (Å²) >= 11 is 0. The molecule has 3 rings (SSSR count). The van der Waals surface area contributed by atoms with Crippen molar-refractivity contribution < 1.29 is 113 Å². The van der Waals surface area contributed by atoms with E-state index in [1.54, 1.807) is 6.92 Å². The number of ether oxygens (including phenoxy) is 5. The maximum Gasteiger partial charge on any atom is 0.187 e. The Morgan fingerprint density at radius 3 is 1.35 bits per heavy atom. The first kappa shape index (κ1) is 35.5. The molecule has 17 heteroatoms. The minimum absolute atomic E-state index is 0. The zero-order valence-corrected chi connectivity index (χ0v) is 22.9. The normalized spacial score (nSPS) is 48.4. The minimum atomic E-state index is -1.92. The summed E-state index contributed by atoms with van der Waals surface area (Å²) in [5.41, 5.74) is 0. The molecule has 0 aromatic heterocycles. The third kappa shape index (κ3) is 7.81. The average Bonchev–Trinajstić information content (AvgIpc) is 2.88. The van der Waals surface area contributed by atoms with Gasteiger partial charge < -0.3 is 86.8 Å². The first-order valence-electron chi connectivity index (χ1n) is 11.3. The molecule has 3 fully saturated rings. The fourth-order valence-corrected chi connectivity index (χ4v) is 4.04. The second-order valence-electron chi connectivity index (χ2n) is 8.33. The van der Waals surface area contributed by atoms with E-state index in [2.05, 4.69) is 6.92 Å². The van der Waals surface area contributed by atoms with E-state index in [1.807, 2.05) is 0 Å². The number of hydrogen-bond donors (Lipinski definition) is 11. The quantitative estimate of drug-likeness (QED) is 0.118. The molecule has 0 aromatic carbocycles. The molecule has 217 valence electrons. The van der Waals surface area contributed by atoms with Gasteiger partial charge in [-0.1, -0.05) is 0 Å². The molecule has 0 spiro atoms. The molecule has 16 nitrogen and oxygen atoms in total. The van der Waals surface area contributed by atoms with Crippen LogP contribution in [-0.4, -0.2) is 168 Å². The summed E-state index contributed by atoms with van der Waals surface area (Å²) in [6.07, 6.45) is -25.5. The van der Waals surface area contributed by atoms with Crippen LogP contribution in [0, 0.1) is 6.92 Å². The van der Waals surface area contributed by atoms with E-state index >= 15 is 0 Å². The maximum absolute atomic E-state index is 10.7. The molecule has 3 heterocycles. The zero-order chi connectivity index (χ0) is 27.3. The van der Waals surface area contributed by atoms with Gasteiger partial charge in [-0.05, 0) is 0 Å². The molecule has 0 aromatic rings. The Balaban J connectivity index is 0.00000223. The monoisotopic (exact) mass is 622 g/mol. The summed E-state index contributed by atoms with van der Waals surface area (Å²) in [6, 6.07) is 0. The maximum atomic E-state index is 10.7. The number of rotatable bonds is 7. The van der Waals surface area contributed by atoms with Crippen LogP contribution >= 0.6 is 0 Å². The predicted octanol–water partition coefficient (Wildman–Crippen LogP) is -6.74. The van der Waals surface area contributed by atoms with Gasteiger partial charge in [0.05, 0.1) is 19.8 Å². The molecular formula is C20H37O16Y-. The van der Waals surface area contributed by atoms with Crippen molar-refractivity contribution in [2.75, 3.05) is 19.8 Å². The molecule has 3 aliphatic heterocycles. The zero-order valence-electron chi connectivity index (χ0n) is 20.0. The molecule has 37 heavy (non-hydrogen) atoms. The largest absolute Gasteiger partial charge is 0.394 e. The third-order valence-corrected chi connectivity index (χ3v) is 6.09. The van der Waals surface area contributed by atoms with Crippen LogP contribution < -0.4 is 0 Å². The second-order valence-corrected chi connectivity index (χ2v) is 8.33. The van der Waals surface area contributed by atoms with Gasteiger partial charge in [-0.15, -0.1) is 0 Å². The van der Waals surface area contributed by atoms with Crippen LogP contribution in [0.1, 0.15) is 6.92 Å². The smallest absolute Gasteiger partial charge is 0.187 e. The average molecular weight is 622 g/mol. The van der Waals surface area contributed by atoms with Crippen molar-refractivity contribution in [2.24, 2.45) is 0 Å². The van der Waals surface area contributed by atoms with E-state index in [1.165, 1.54) is 0 Å². The van der Waals surface area contributed by atoms with Crippen molar-refractivity contribution in [3.8, 4) is 0 Å². The summed E-state index contributed by atoms with van der Waals surface area (Å²) < 4.78 is 26.2. The van der Waals surface area contributed by atoms with Gasteiger partial charge in [-0.2, -0.15) is 6.92 Å². The van der Waals surface area contributed by atoms with Crippen LogP contribution in [0.15, 0.2) is 0 Å². The van der Waals surface area contributed by atoms with Gasteiger partial charge in [0.15, 0.2) is 18.9 Å². The molecule has 15 atom stereocenters. The van der Waals surface area contributed by atoms with Gasteiger partial charge in [0, 0.05) is 32.7 Å². The van der Waals surface area contributed by atoms with E-state index in [0.717, 1.165) is 0 Å². The van der Waals surface area contributed by atoms with Crippen molar-refractivity contribution >= 4 is 0 Å². The van der Waals surface area contributed by atoms with Gasteiger partial charge in [-0.3, -0.25) is 0 Å². The van der Waals surface area contributed by atoms with Gasteiger partial charge in [0.1, 0.15) is 73.2 Å². The van der Waals surface area contributed by atoms with Crippen LogP contribution in [0.4, 0.5) is 0 Å².